The maximum atomic E-state index is 11.5. The molecule has 104 valence electrons. The molecule has 0 saturated carbocycles. The van der Waals surface area contributed by atoms with Gasteiger partial charge in [-0.2, -0.15) is 0 Å². The van der Waals surface area contributed by atoms with Crippen LogP contribution < -0.4 is 11.1 Å². The second-order valence-electron chi connectivity index (χ2n) is 5.28. The molecular weight excluding hydrogens is 264 g/mol. The third kappa shape index (κ3) is 3.33. The minimum Gasteiger partial charge on any atom is -0.366 e. The molecule has 3 N–H and O–H groups in total. The second kappa shape index (κ2) is 4.94. The van der Waals surface area contributed by atoms with E-state index in [1.165, 1.54) is 0 Å². The van der Waals surface area contributed by atoms with Crippen LogP contribution in [0, 0.1) is 0 Å². The predicted molar refractivity (Wildman–Crippen MR) is 73.5 cm³/mol. The van der Waals surface area contributed by atoms with Gasteiger partial charge in [-0.05, 0) is 25.0 Å². The summed E-state index contributed by atoms with van der Waals surface area (Å²) >= 11 is 0. The highest BCUT2D eigenvalue weighted by Gasteiger charge is 2.37. The van der Waals surface area contributed by atoms with Crippen molar-refractivity contribution in [2.24, 2.45) is 5.73 Å². The van der Waals surface area contributed by atoms with Crippen LogP contribution >= 0.6 is 0 Å². The maximum absolute atomic E-state index is 11.5. The summed E-state index contributed by atoms with van der Waals surface area (Å²) in [5, 5.41) is 3.24. The number of hydrogen-bond donors (Lipinski definition) is 2. The molecule has 1 atom stereocenters. The molecule has 1 aliphatic heterocycles. The van der Waals surface area contributed by atoms with Crippen molar-refractivity contribution in [3.8, 4) is 0 Å². The molecule has 6 heteroatoms. The molecule has 1 unspecified atom stereocenters. The first-order valence-corrected chi connectivity index (χ1v) is 7.97. The van der Waals surface area contributed by atoms with E-state index in [0.29, 0.717) is 18.5 Å². The van der Waals surface area contributed by atoms with Gasteiger partial charge in [0.25, 0.3) is 0 Å². The minimum atomic E-state index is -2.94. The number of rotatable bonds is 4. The molecule has 1 aromatic carbocycles. The van der Waals surface area contributed by atoms with Crippen LogP contribution in [0.2, 0.25) is 0 Å². The SMILES string of the molecule is CC1(NCc2ccccc2C(N)=O)CCS(=O)(=O)C1. The van der Waals surface area contributed by atoms with Crippen LogP contribution in [0.1, 0.15) is 29.3 Å². The molecule has 1 aliphatic rings. The third-order valence-electron chi connectivity index (χ3n) is 3.49. The summed E-state index contributed by atoms with van der Waals surface area (Å²) in [6.07, 6.45) is 0.591. The molecule has 0 bridgehead atoms. The number of carbonyl (C=O) groups excluding carboxylic acids is 1. The summed E-state index contributed by atoms with van der Waals surface area (Å²) in [7, 11) is -2.94. The van der Waals surface area contributed by atoms with Gasteiger partial charge in [0.2, 0.25) is 5.91 Å². The maximum Gasteiger partial charge on any atom is 0.249 e. The Hall–Kier alpha value is -1.40. The van der Waals surface area contributed by atoms with Crippen LogP contribution in [-0.4, -0.2) is 31.4 Å². The number of hydrogen-bond acceptors (Lipinski definition) is 4. The van der Waals surface area contributed by atoms with Crippen molar-refractivity contribution in [1.29, 1.82) is 0 Å². The van der Waals surface area contributed by atoms with Crippen molar-refractivity contribution in [1.82, 2.24) is 5.32 Å². The second-order valence-corrected chi connectivity index (χ2v) is 7.46. The van der Waals surface area contributed by atoms with E-state index in [-0.39, 0.29) is 11.5 Å². The highest BCUT2D eigenvalue weighted by molar-refractivity contribution is 7.91. The van der Waals surface area contributed by atoms with E-state index in [4.69, 9.17) is 5.73 Å². The molecule has 19 heavy (non-hydrogen) atoms. The molecule has 1 heterocycles. The predicted octanol–water partition coefficient (Wildman–Crippen LogP) is 0.452. The highest BCUT2D eigenvalue weighted by Crippen LogP contribution is 2.23. The number of nitrogens with one attached hydrogen (secondary N) is 1. The van der Waals surface area contributed by atoms with Crippen molar-refractivity contribution < 1.29 is 13.2 Å². The topological polar surface area (TPSA) is 89.3 Å². The molecule has 1 saturated heterocycles. The first-order valence-electron chi connectivity index (χ1n) is 6.15. The summed E-state index contributed by atoms with van der Waals surface area (Å²) in [5.41, 5.74) is 6.15. The molecule has 5 nitrogen and oxygen atoms in total. The van der Waals surface area contributed by atoms with E-state index >= 15 is 0 Å². The highest BCUT2D eigenvalue weighted by atomic mass is 32.2. The van der Waals surface area contributed by atoms with E-state index in [0.717, 1.165) is 5.56 Å². The van der Waals surface area contributed by atoms with Crippen molar-refractivity contribution in [3.63, 3.8) is 0 Å². The zero-order valence-corrected chi connectivity index (χ0v) is 11.7. The van der Waals surface area contributed by atoms with Crippen LogP contribution in [0.15, 0.2) is 24.3 Å². The number of primary amides is 1. The van der Waals surface area contributed by atoms with Gasteiger partial charge in [0.05, 0.1) is 11.5 Å². The normalized spacial score (nSPS) is 25.3. The number of sulfone groups is 1. The first-order chi connectivity index (χ1) is 8.81. The van der Waals surface area contributed by atoms with Gasteiger partial charge in [-0.25, -0.2) is 8.42 Å². The summed E-state index contributed by atoms with van der Waals surface area (Å²) in [5.74, 6) is -0.117. The lowest BCUT2D eigenvalue weighted by molar-refractivity contribution is 0.0999. The Labute approximate surface area is 113 Å². The van der Waals surface area contributed by atoms with Crippen LogP contribution in [0.3, 0.4) is 0 Å². The summed E-state index contributed by atoms with van der Waals surface area (Å²) < 4.78 is 23.0. The largest absolute Gasteiger partial charge is 0.366 e. The average molecular weight is 282 g/mol. The Balaban J connectivity index is 2.10. The van der Waals surface area contributed by atoms with Crippen molar-refractivity contribution in [2.45, 2.75) is 25.4 Å². The van der Waals surface area contributed by atoms with E-state index in [1.807, 2.05) is 19.1 Å². The molecule has 1 aromatic rings. The van der Waals surface area contributed by atoms with Gasteiger partial charge in [0, 0.05) is 17.6 Å². The van der Waals surface area contributed by atoms with Gasteiger partial charge in [-0.3, -0.25) is 4.79 Å². The Bertz CT molecular complexity index is 598. The van der Waals surface area contributed by atoms with E-state index in [2.05, 4.69) is 5.32 Å². The van der Waals surface area contributed by atoms with Crippen molar-refractivity contribution in [3.05, 3.63) is 35.4 Å². The quantitative estimate of drug-likeness (QED) is 0.839. The molecule has 0 spiro atoms. The molecule has 0 aliphatic carbocycles. The van der Waals surface area contributed by atoms with Crippen LogP contribution in [0.5, 0.6) is 0 Å². The summed E-state index contributed by atoms with van der Waals surface area (Å²) in [4.78, 5) is 11.3. The molecule has 2 rings (SSSR count). The Morgan fingerprint density at radius 2 is 2.11 bits per heavy atom. The van der Waals surface area contributed by atoms with E-state index in [9.17, 15) is 13.2 Å². The lowest BCUT2D eigenvalue weighted by Gasteiger charge is -2.24. The number of nitrogens with two attached hydrogens (primary N) is 1. The van der Waals surface area contributed by atoms with Crippen molar-refractivity contribution >= 4 is 15.7 Å². The number of amides is 1. The van der Waals surface area contributed by atoms with Crippen molar-refractivity contribution in [2.75, 3.05) is 11.5 Å². The fraction of sp³-hybridized carbons (Fsp3) is 0.462. The van der Waals surface area contributed by atoms with Gasteiger partial charge in [0.1, 0.15) is 0 Å². The van der Waals surface area contributed by atoms with Gasteiger partial charge in [0.15, 0.2) is 9.84 Å². The fourth-order valence-corrected chi connectivity index (χ4v) is 4.50. The Morgan fingerprint density at radius 1 is 1.42 bits per heavy atom. The molecule has 1 fully saturated rings. The lowest BCUT2D eigenvalue weighted by atomic mass is 10.0. The molecule has 0 radical (unpaired) electrons. The number of benzene rings is 1. The molecule has 1 amide bonds. The smallest absolute Gasteiger partial charge is 0.249 e. The zero-order valence-electron chi connectivity index (χ0n) is 10.8. The molecule has 0 aromatic heterocycles. The standard InChI is InChI=1S/C13H18N2O3S/c1-13(6-7-19(17,18)9-13)15-8-10-4-2-3-5-11(10)12(14)16/h2-5,15H,6-9H2,1H3,(H2,14,16). The Morgan fingerprint density at radius 3 is 2.68 bits per heavy atom. The van der Waals surface area contributed by atoms with E-state index in [1.54, 1.807) is 12.1 Å². The fourth-order valence-electron chi connectivity index (χ4n) is 2.37. The summed E-state index contributed by atoms with van der Waals surface area (Å²) in [6, 6.07) is 7.08. The first kappa shape index (κ1) is 14.0. The average Bonchev–Trinajstić information content (AvgIpc) is 2.62. The monoisotopic (exact) mass is 282 g/mol. The minimum absolute atomic E-state index is 0.138. The third-order valence-corrected chi connectivity index (χ3v) is 5.39. The van der Waals surface area contributed by atoms with Gasteiger partial charge in [-0.15, -0.1) is 0 Å². The van der Waals surface area contributed by atoms with Gasteiger partial charge < -0.3 is 11.1 Å². The van der Waals surface area contributed by atoms with Gasteiger partial charge in [-0.1, -0.05) is 18.2 Å². The van der Waals surface area contributed by atoms with Crippen LogP contribution in [0.25, 0.3) is 0 Å². The summed E-state index contributed by atoms with van der Waals surface area (Å²) in [6.45, 7) is 2.33. The molecular formula is C13H18N2O3S. The van der Waals surface area contributed by atoms with Gasteiger partial charge >= 0.3 is 0 Å². The van der Waals surface area contributed by atoms with Crippen LogP contribution in [0.4, 0.5) is 0 Å². The zero-order chi connectivity index (χ0) is 14.1. The lowest BCUT2D eigenvalue weighted by Crippen LogP contribution is -2.43. The van der Waals surface area contributed by atoms with E-state index < -0.39 is 21.3 Å². The van der Waals surface area contributed by atoms with Crippen LogP contribution in [-0.2, 0) is 16.4 Å². The Kier molecular flexibility index (Phi) is 3.64. The number of carbonyl (C=O) groups is 1.